The molecule has 3 N–H and O–H groups in total. The molecule has 0 amide bonds. The summed E-state index contributed by atoms with van der Waals surface area (Å²) >= 11 is 0. The van der Waals surface area contributed by atoms with Crippen LogP contribution in [0, 0.1) is 5.92 Å². The van der Waals surface area contributed by atoms with Gasteiger partial charge in [-0.25, -0.2) is 0 Å². The fourth-order valence-corrected chi connectivity index (χ4v) is 4.37. The van der Waals surface area contributed by atoms with Crippen molar-refractivity contribution in [2.45, 2.75) is 116 Å². The summed E-state index contributed by atoms with van der Waals surface area (Å²) in [6.07, 6.45) is 16.5. The molecule has 0 fully saturated rings. The first-order valence-corrected chi connectivity index (χ1v) is 14.4. The normalized spacial score (nSPS) is 16.3. The average Bonchev–Trinajstić information content (AvgIpc) is 2.77. The third-order valence-electron chi connectivity index (χ3n) is 5.85. The van der Waals surface area contributed by atoms with Gasteiger partial charge in [-0.2, -0.15) is 0 Å². The third-order valence-corrected chi connectivity index (χ3v) is 7.69. The van der Waals surface area contributed by atoms with Crippen LogP contribution in [0.1, 0.15) is 104 Å². The van der Waals surface area contributed by atoms with E-state index in [-0.39, 0.29) is 19.8 Å². The van der Waals surface area contributed by atoms with E-state index in [0.717, 1.165) is 6.42 Å². The van der Waals surface area contributed by atoms with Crippen molar-refractivity contribution in [3.8, 4) is 0 Å². The van der Waals surface area contributed by atoms with Crippen LogP contribution in [0.2, 0.25) is 0 Å². The predicted molar refractivity (Wildman–Crippen MR) is 131 cm³/mol. The van der Waals surface area contributed by atoms with Crippen LogP contribution in [-0.2, 0) is 23.4 Å². The molecule has 0 aromatic rings. The maximum Gasteiger partial charge on any atom is 0.332 e. The Bertz CT molecular complexity index is 479. The van der Waals surface area contributed by atoms with Gasteiger partial charge in [0.2, 0.25) is 0 Å². The van der Waals surface area contributed by atoms with Gasteiger partial charge in [0.05, 0.1) is 18.9 Å². The van der Waals surface area contributed by atoms with E-state index in [9.17, 15) is 14.3 Å². The summed E-state index contributed by atoms with van der Waals surface area (Å²) in [4.78, 5) is 20.5. The number of hydrogen-bond donors (Lipinski definition) is 2. The molecule has 192 valence electrons. The minimum Gasteiger partial charge on any atom is -0.460 e. The van der Waals surface area contributed by atoms with Crippen molar-refractivity contribution in [3.05, 3.63) is 0 Å². The molecule has 0 saturated heterocycles. The molecule has 0 radical (unpaired) electrons. The quantitative estimate of drug-likeness (QED) is 0.102. The van der Waals surface area contributed by atoms with E-state index >= 15 is 0 Å². The summed E-state index contributed by atoms with van der Waals surface area (Å²) in [7, 11) is -3.83. The number of hydrogen-bond acceptors (Lipinski definition) is 6. The Labute approximate surface area is 196 Å². The molecule has 0 aliphatic carbocycles. The smallest absolute Gasteiger partial charge is 0.332 e. The van der Waals surface area contributed by atoms with Gasteiger partial charge in [0.1, 0.15) is 6.10 Å². The van der Waals surface area contributed by atoms with Crippen molar-refractivity contribution in [2.75, 3.05) is 26.4 Å². The molecule has 0 spiro atoms. The maximum absolute atomic E-state index is 12.0. The highest BCUT2D eigenvalue weighted by Crippen LogP contribution is 2.46. The van der Waals surface area contributed by atoms with Crippen molar-refractivity contribution in [1.29, 1.82) is 0 Å². The lowest BCUT2D eigenvalue weighted by molar-refractivity contribution is -0.139. The van der Waals surface area contributed by atoms with E-state index in [1.165, 1.54) is 77.0 Å². The van der Waals surface area contributed by atoms with Gasteiger partial charge < -0.3 is 24.6 Å². The average molecular weight is 480 g/mol. The van der Waals surface area contributed by atoms with Gasteiger partial charge in [0.15, 0.2) is 0 Å². The van der Waals surface area contributed by atoms with Crippen LogP contribution in [0.5, 0.6) is 0 Å². The van der Waals surface area contributed by atoms with Crippen molar-refractivity contribution in [3.63, 3.8) is 0 Å². The van der Waals surface area contributed by atoms with Crippen LogP contribution in [0.4, 0.5) is 0 Å². The SMILES string of the molecule is CCCCCCCCCCCCCCC(C)COCC(COP(=O)(O)C(C)CN)OC=O. The first kappa shape index (κ1) is 31.5. The molecule has 7 nitrogen and oxygen atoms in total. The number of unbranched alkanes of at least 4 members (excludes halogenated alkanes) is 11. The molecule has 0 saturated carbocycles. The van der Waals surface area contributed by atoms with E-state index < -0.39 is 19.4 Å². The first-order valence-electron chi connectivity index (χ1n) is 12.7. The van der Waals surface area contributed by atoms with Gasteiger partial charge in [0, 0.05) is 13.2 Å². The van der Waals surface area contributed by atoms with Gasteiger partial charge in [-0.15, -0.1) is 0 Å². The Balaban J connectivity index is 3.73. The Morgan fingerprint density at radius 1 is 0.875 bits per heavy atom. The Morgan fingerprint density at radius 3 is 1.91 bits per heavy atom. The van der Waals surface area contributed by atoms with Gasteiger partial charge in [0.25, 0.3) is 6.47 Å². The Kier molecular flexibility index (Phi) is 20.8. The number of rotatable bonds is 24. The Hall–Kier alpha value is -0.460. The number of ether oxygens (including phenoxy) is 2. The van der Waals surface area contributed by atoms with Crippen molar-refractivity contribution >= 4 is 14.1 Å². The molecule has 0 aliphatic heterocycles. The lowest BCUT2D eigenvalue weighted by atomic mass is 10.0. The van der Waals surface area contributed by atoms with E-state index in [0.29, 0.717) is 19.0 Å². The molecule has 32 heavy (non-hydrogen) atoms. The monoisotopic (exact) mass is 479 g/mol. The zero-order valence-corrected chi connectivity index (χ0v) is 21.7. The maximum atomic E-state index is 12.0. The van der Waals surface area contributed by atoms with Crippen molar-refractivity contribution in [2.24, 2.45) is 11.7 Å². The summed E-state index contributed by atoms with van der Waals surface area (Å²) in [5, 5.41) is 0. The summed E-state index contributed by atoms with van der Waals surface area (Å²) in [5.74, 6) is 0.414. The first-order chi connectivity index (χ1) is 15.4. The van der Waals surface area contributed by atoms with Crippen LogP contribution in [0.15, 0.2) is 0 Å². The fraction of sp³-hybridized carbons (Fsp3) is 0.958. The second-order valence-electron chi connectivity index (χ2n) is 9.12. The van der Waals surface area contributed by atoms with E-state index in [2.05, 4.69) is 13.8 Å². The van der Waals surface area contributed by atoms with Gasteiger partial charge in [-0.3, -0.25) is 9.36 Å². The van der Waals surface area contributed by atoms with Crippen molar-refractivity contribution in [1.82, 2.24) is 0 Å². The second kappa shape index (κ2) is 21.1. The van der Waals surface area contributed by atoms with Crippen LogP contribution < -0.4 is 5.73 Å². The van der Waals surface area contributed by atoms with Crippen LogP contribution in [-0.4, -0.2) is 49.5 Å². The molecular weight excluding hydrogens is 429 g/mol. The molecule has 0 rings (SSSR count). The molecule has 4 atom stereocenters. The molecule has 0 aromatic heterocycles. The summed E-state index contributed by atoms with van der Waals surface area (Å²) in [6, 6.07) is 0. The third kappa shape index (κ3) is 18.0. The summed E-state index contributed by atoms with van der Waals surface area (Å²) in [5.41, 5.74) is 4.75. The predicted octanol–water partition coefficient (Wildman–Crippen LogP) is 5.82. The van der Waals surface area contributed by atoms with Crippen LogP contribution in [0.3, 0.4) is 0 Å². The molecule has 0 aliphatic rings. The minimum absolute atomic E-state index is 0.0418. The highest BCUT2D eigenvalue weighted by molar-refractivity contribution is 7.53. The lowest BCUT2D eigenvalue weighted by Crippen LogP contribution is -2.27. The largest absolute Gasteiger partial charge is 0.460 e. The topological polar surface area (TPSA) is 108 Å². The fourth-order valence-electron chi connectivity index (χ4n) is 3.47. The van der Waals surface area contributed by atoms with E-state index in [1.807, 2.05) is 0 Å². The van der Waals surface area contributed by atoms with Crippen molar-refractivity contribution < 1.29 is 28.3 Å². The van der Waals surface area contributed by atoms with Crippen LogP contribution >= 0.6 is 7.60 Å². The molecule has 0 aromatic carbocycles. The molecule has 8 heteroatoms. The highest BCUT2D eigenvalue weighted by atomic mass is 31.2. The lowest BCUT2D eigenvalue weighted by Gasteiger charge is -2.21. The van der Waals surface area contributed by atoms with Gasteiger partial charge in [-0.05, 0) is 19.3 Å². The molecule has 0 heterocycles. The second-order valence-corrected chi connectivity index (χ2v) is 11.4. The van der Waals surface area contributed by atoms with Crippen LogP contribution in [0.25, 0.3) is 0 Å². The summed E-state index contributed by atoms with van der Waals surface area (Å²) < 4.78 is 27.6. The Morgan fingerprint density at radius 2 is 1.41 bits per heavy atom. The zero-order chi connectivity index (χ0) is 24.1. The number of nitrogens with two attached hydrogens (primary N) is 1. The van der Waals surface area contributed by atoms with Gasteiger partial charge >= 0.3 is 7.60 Å². The summed E-state index contributed by atoms with van der Waals surface area (Å²) in [6.45, 7) is 6.81. The molecular formula is C24H50NO6P. The highest BCUT2D eigenvalue weighted by Gasteiger charge is 2.29. The standard InChI is InChI=1S/C24H50NO6P/c1-4-5-6-7-8-9-10-11-12-13-14-15-16-22(2)18-29-19-24(30-21-26)20-31-32(27,28)23(3)17-25/h21-24H,4-20,25H2,1-3H3,(H,27,28). The number of carbonyl (C=O) groups excluding carboxylic acids is 1. The number of carbonyl (C=O) groups is 1. The van der Waals surface area contributed by atoms with E-state index in [4.69, 9.17) is 19.7 Å². The zero-order valence-electron chi connectivity index (χ0n) is 20.8. The van der Waals surface area contributed by atoms with Gasteiger partial charge in [-0.1, -0.05) is 90.9 Å². The molecule has 0 bridgehead atoms. The van der Waals surface area contributed by atoms with E-state index in [1.54, 1.807) is 6.92 Å². The molecule has 4 unspecified atom stereocenters. The minimum atomic E-state index is -3.83.